The fraction of sp³-hybridized carbons (Fsp3) is 0.733. The maximum Gasteiger partial charge on any atom is 0.129 e. The van der Waals surface area contributed by atoms with Crippen molar-refractivity contribution in [2.75, 3.05) is 5.32 Å². The lowest BCUT2D eigenvalue weighted by molar-refractivity contribution is 0.216. The molecule has 0 spiro atoms. The number of aromatic nitrogens is 2. The molecule has 100 valence electrons. The van der Waals surface area contributed by atoms with Crippen molar-refractivity contribution in [1.29, 1.82) is 0 Å². The third-order valence-corrected chi connectivity index (χ3v) is 4.06. The summed E-state index contributed by atoms with van der Waals surface area (Å²) in [5.74, 6) is 0.994. The van der Waals surface area contributed by atoms with Crippen molar-refractivity contribution < 1.29 is 0 Å². The van der Waals surface area contributed by atoms with Crippen molar-refractivity contribution in [3.05, 3.63) is 18.1 Å². The summed E-state index contributed by atoms with van der Waals surface area (Å²) in [5.41, 5.74) is 1.51. The van der Waals surface area contributed by atoms with Gasteiger partial charge in [0.1, 0.15) is 12.1 Å². The third-order valence-electron chi connectivity index (χ3n) is 4.06. The lowest BCUT2D eigenvalue weighted by Crippen LogP contribution is -2.39. The van der Waals surface area contributed by atoms with Crippen molar-refractivity contribution in [1.82, 2.24) is 9.97 Å². The molecule has 18 heavy (non-hydrogen) atoms. The van der Waals surface area contributed by atoms with Crippen LogP contribution in [-0.2, 0) is 6.42 Å². The summed E-state index contributed by atoms with van der Waals surface area (Å²) >= 11 is 0. The van der Waals surface area contributed by atoms with Gasteiger partial charge in [-0.15, -0.1) is 0 Å². The summed E-state index contributed by atoms with van der Waals surface area (Å²) in [5, 5.41) is 3.62. The monoisotopic (exact) mass is 247 g/mol. The summed E-state index contributed by atoms with van der Waals surface area (Å²) < 4.78 is 0. The van der Waals surface area contributed by atoms with Gasteiger partial charge in [-0.05, 0) is 24.7 Å². The molecule has 0 radical (unpaired) electrons. The minimum Gasteiger partial charge on any atom is -0.367 e. The van der Waals surface area contributed by atoms with Gasteiger partial charge in [0.15, 0.2) is 0 Å². The van der Waals surface area contributed by atoms with Crippen LogP contribution in [0, 0.1) is 5.41 Å². The molecule has 1 atom stereocenters. The molecule has 1 saturated carbocycles. The molecule has 0 aliphatic heterocycles. The summed E-state index contributed by atoms with van der Waals surface area (Å²) in [4.78, 5) is 8.67. The molecule has 0 aromatic carbocycles. The fourth-order valence-corrected chi connectivity index (χ4v) is 2.81. The Morgan fingerprint density at radius 1 is 1.33 bits per heavy atom. The van der Waals surface area contributed by atoms with Gasteiger partial charge in [-0.25, -0.2) is 9.97 Å². The summed E-state index contributed by atoms with van der Waals surface area (Å²) in [6.45, 7) is 6.90. The smallest absolute Gasteiger partial charge is 0.129 e. The standard InChI is InChI=1S/C15H25N3/c1-4-7-12-10-14(17-11-16-12)18-13-8-5-6-9-15(13,2)3/h10-11,13H,4-9H2,1-3H3,(H,16,17,18). The van der Waals surface area contributed by atoms with E-state index < -0.39 is 0 Å². The van der Waals surface area contributed by atoms with Crippen LogP contribution < -0.4 is 5.32 Å². The molecule has 1 aliphatic carbocycles. The van der Waals surface area contributed by atoms with Gasteiger partial charge in [-0.1, -0.05) is 40.0 Å². The molecule has 0 saturated heterocycles. The number of nitrogens with one attached hydrogen (secondary N) is 1. The molecular weight excluding hydrogens is 222 g/mol. The van der Waals surface area contributed by atoms with Crippen LogP contribution in [0.4, 0.5) is 5.82 Å². The molecule has 1 aromatic rings. The van der Waals surface area contributed by atoms with E-state index >= 15 is 0 Å². The molecule has 2 rings (SSSR count). The molecule has 1 heterocycles. The Morgan fingerprint density at radius 3 is 2.89 bits per heavy atom. The van der Waals surface area contributed by atoms with E-state index in [9.17, 15) is 0 Å². The highest BCUT2D eigenvalue weighted by Gasteiger charge is 2.32. The van der Waals surface area contributed by atoms with Gasteiger partial charge in [0.2, 0.25) is 0 Å². The molecule has 1 aromatic heterocycles. The Labute approximate surface area is 110 Å². The highest BCUT2D eigenvalue weighted by atomic mass is 15.0. The summed E-state index contributed by atoms with van der Waals surface area (Å²) in [7, 11) is 0. The Balaban J connectivity index is 2.06. The Hall–Kier alpha value is -1.12. The molecule has 1 fully saturated rings. The van der Waals surface area contributed by atoms with Crippen LogP contribution >= 0.6 is 0 Å². The Kier molecular flexibility index (Phi) is 4.20. The van der Waals surface area contributed by atoms with E-state index in [2.05, 4.69) is 42.1 Å². The van der Waals surface area contributed by atoms with Gasteiger partial charge in [0, 0.05) is 17.8 Å². The minimum atomic E-state index is 0.369. The Morgan fingerprint density at radius 2 is 2.17 bits per heavy atom. The number of hydrogen-bond donors (Lipinski definition) is 1. The van der Waals surface area contributed by atoms with E-state index in [0.717, 1.165) is 24.4 Å². The molecule has 3 nitrogen and oxygen atoms in total. The van der Waals surface area contributed by atoms with Crippen molar-refractivity contribution >= 4 is 5.82 Å². The zero-order valence-electron chi connectivity index (χ0n) is 11.9. The van der Waals surface area contributed by atoms with Crippen LogP contribution in [0.3, 0.4) is 0 Å². The topological polar surface area (TPSA) is 37.8 Å². The van der Waals surface area contributed by atoms with Crippen molar-refractivity contribution in [2.24, 2.45) is 5.41 Å². The van der Waals surface area contributed by atoms with E-state index in [1.54, 1.807) is 6.33 Å². The van der Waals surface area contributed by atoms with Crippen molar-refractivity contribution in [3.8, 4) is 0 Å². The number of aryl methyl sites for hydroxylation is 1. The van der Waals surface area contributed by atoms with Crippen LogP contribution in [0.15, 0.2) is 12.4 Å². The van der Waals surface area contributed by atoms with Crippen molar-refractivity contribution in [3.63, 3.8) is 0 Å². The van der Waals surface area contributed by atoms with Gasteiger partial charge >= 0.3 is 0 Å². The lowest BCUT2D eigenvalue weighted by atomic mass is 9.73. The first-order valence-corrected chi connectivity index (χ1v) is 7.19. The minimum absolute atomic E-state index is 0.369. The second-order valence-electron chi connectivity index (χ2n) is 6.08. The highest BCUT2D eigenvalue weighted by Crippen LogP contribution is 2.36. The second kappa shape index (κ2) is 5.68. The number of hydrogen-bond acceptors (Lipinski definition) is 3. The molecule has 0 bridgehead atoms. The average molecular weight is 247 g/mol. The molecule has 3 heteroatoms. The molecule has 1 unspecified atom stereocenters. The number of anilines is 1. The van der Waals surface area contributed by atoms with Gasteiger partial charge in [0.25, 0.3) is 0 Å². The van der Waals surface area contributed by atoms with Crippen LogP contribution in [0.25, 0.3) is 0 Å². The van der Waals surface area contributed by atoms with Crippen LogP contribution in [-0.4, -0.2) is 16.0 Å². The number of rotatable bonds is 4. The normalized spacial score (nSPS) is 22.7. The molecule has 1 aliphatic rings. The molecule has 1 N–H and O–H groups in total. The summed E-state index contributed by atoms with van der Waals surface area (Å²) in [6, 6.07) is 2.64. The summed E-state index contributed by atoms with van der Waals surface area (Å²) in [6.07, 6.45) is 9.08. The van der Waals surface area contributed by atoms with E-state index in [0.29, 0.717) is 11.5 Å². The first kappa shape index (κ1) is 13.3. The average Bonchev–Trinajstić information content (AvgIpc) is 2.33. The van der Waals surface area contributed by atoms with Gasteiger partial charge < -0.3 is 5.32 Å². The molecule has 0 amide bonds. The highest BCUT2D eigenvalue weighted by molar-refractivity contribution is 5.36. The predicted octanol–water partition coefficient (Wildman–Crippen LogP) is 3.81. The third kappa shape index (κ3) is 3.21. The van der Waals surface area contributed by atoms with Crippen LogP contribution in [0.1, 0.15) is 58.6 Å². The first-order valence-electron chi connectivity index (χ1n) is 7.19. The lowest BCUT2D eigenvalue weighted by Gasteiger charge is -2.39. The fourth-order valence-electron chi connectivity index (χ4n) is 2.81. The number of nitrogens with zero attached hydrogens (tertiary/aromatic N) is 2. The van der Waals surface area contributed by atoms with Gasteiger partial charge in [-0.3, -0.25) is 0 Å². The maximum absolute atomic E-state index is 4.36. The van der Waals surface area contributed by atoms with Crippen molar-refractivity contribution in [2.45, 2.75) is 65.3 Å². The quantitative estimate of drug-likeness (QED) is 0.879. The second-order valence-corrected chi connectivity index (χ2v) is 6.08. The largest absolute Gasteiger partial charge is 0.367 e. The zero-order valence-corrected chi connectivity index (χ0v) is 11.9. The maximum atomic E-state index is 4.36. The SMILES string of the molecule is CCCc1cc(NC2CCCCC2(C)C)ncn1. The predicted molar refractivity (Wildman–Crippen MR) is 75.7 cm³/mol. The zero-order chi connectivity index (χ0) is 13.0. The van der Waals surface area contributed by atoms with E-state index in [-0.39, 0.29) is 0 Å². The van der Waals surface area contributed by atoms with E-state index in [4.69, 9.17) is 0 Å². The first-order chi connectivity index (χ1) is 8.62. The molecular formula is C15H25N3. The van der Waals surface area contributed by atoms with Gasteiger partial charge in [-0.2, -0.15) is 0 Å². The Bertz CT molecular complexity index is 387. The van der Waals surface area contributed by atoms with Crippen LogP contribution in [0.2, 0.25) is 0 Å². The van der Waals surface area contributed by atoms with E-state index in [1.807, 2.05) is 0 Å². The van der Waals surface area contributed by atoms with E-state index in [1.165, 1.54) is 25.7 Å². The van der Waals surface area contributed by atoms with Gasteiger partial charge in [0.05, 0.1) is 0 Å². The van der Waals surface area contributed by atoms with Crippen LogP contribution in [0.5, 0.6) is 0 Å².